The lowest BCUT2D eigenvalue weighted by molar-refractivity contribution is 0.135. The maximum absolute atomic E-state index is 5.94. The van der Waals surface area contributed by atoms with Gasteiger partial charge in [0.05, 0.1) is 24.2 Å². The zero-order valence-corrected chi connectivity index (χ0v) is 12.4. The van der Waals surface area contributed by atoms with Gasteiger partial charge < -0.3 is 20.1 Å². The second-order valence-electron chi connectivity index (χ2n) is 5.41. The first-order valence-corrected chi connectivity index (χ1v) is 7.30. The fourth-order valence-electron chi connectivity index (χ4n) is 2.38. The van der Waals surface area contributed by atoms with Crippen LogP contribution >= 0.6 is 0 Å². The number of hydrogen-bond acceptors (Lipinski definition) is 5. The Bertz CT molecular complexity index is 406. The fraction of sp³-hybridized carbons (Fsp3) is 0.667. The van der Waals surface area contributed by atoms with Crippen LogP contribution in [0.25, 0.3) is 0 Å². The van der Waals surface area contributed by atoms with Crippen LogP contribution in [0.1, 0.15) is 26.2 Å². The smallest absolute Gasteiger partial charge is 0.140 e. The largest absolute Gasteiger partial charge is 0.489 e. The van der Waals surface area contributed by atoms with E-state index in [9.17, 15) is 0 Å². The minimum absolute atomic E-state index is 0.127. The number of aromatic nitrogens is 1. The molecule has 1 unspecified atom stereocenters. The quantitative estimate of drug-likeness (QED) is 0.860. The highest BCUT2D eigenvalue weighted by Crippen LogP contribution is 2.23. The Hall–Kier alpha value is -1.33. The van der Waals surface area contributed by atoms with E-state index in [4.69, 9.17) is 15.2 Å². The first-order valence-electron chi connectivity index (χ1n) is 7.30. The lowest BCUT2D eigenvalue weighted by Gasteiger charge is -2.31. The number of hydrogen-bond donors (Lipinski definition) is 1. The number of ether oxygens (including phenoxy) is 2. The number of methoxy groups -OCH3 is 1. The number of anilines is 1. The Morgan fingerprint density at radius 1 is 1.40 bits per heavy atom. The molecule has 0 amide bonds. The molecule has 5 heteroatoms. The fourth-order valence-corrected chi connectivity index (χ4v) is 2.38. The first kappa shape index (κ1) is 15.1. The van der Waals surface area contributed by atoms with Gasteiger partial charge in [-0.3, -0.25) is 4.98 Å². The standard InChI is InChI=1S/C15H25N3O2/c1-12(5-8-19-2)20-15-9-14(10-17-11-15)18-6-3-13(16)4-7-18/h9-13H,3-8,16H2,1-2H3. The highest BCUT2D eigenvalue weighted by molar-refractivity contribution is 5.48. The Balaban J connectivity index is 1.93. The van der Waals surface area contributed by atoms with Crippen LogP contribution in [0.15, 0.2) is 18.5 Å². The van der Waals surface area contributed by atoms with Gasteiger partial charge in [-0.15, -0.1) is 0 Å². The predicted octanol–water partition coefficient (Wildman–Crippen LogP) is 1.81. The van der Waals surface area contributed by atoms with Crippen LogP contribution in [0, 0.1) is 0 Å². The molecular formula is C15H25N3O2. The molecule has 2 N–H and O–H groups in total. The molecular weight excluding hydrogens is 254 g/mol. The summed E-state index contributed by atoms with van der Waals surface area (Å²) < 4.78 is 10.9. The van der Waals surface area contributed by atoms with Crippen LogP contribution in [0.4, 0.5) is 5.69 Å². The van der Waals surface area contributed by atoms with Crippen molar-refractivity contribution in [3.63, 3.8) is 0 Å². The van der Waals surface area contributed by atoms with E-state index in [0.29, 0.717) is 12.6 Å². The molecule has 1 aliphatic heterocycles. The molecule has 0 aliphatic carbocycles. The molecule has 5 nitrogen and oxygen atoms in total. The highest BCUT2D eigenvalue weighted by atomic mass is 16.5. The SMILES string of the molecule is COCCC(C)Oc1cncc(N2CCC(N)CC2)c1. The molecule has 0 saturated carbocycles. The normalized spacial score (nSPS) is 18.1. The second kappa shape index (κ2) is 7.45. The zero-order chi connectivity index (χ0) is 14.4. The Labute approximate surface area is 121 Å². The summed E-state index contributed by atoms with van der Waals surface area (Å²) in [6.45, 7) is 4.74. The molecule has 0 radical (unpaired) electrons. The molecule has 1 fully saturated rings. The molecule has 112 valence electrons. The lowest BCUT2D eigenvalue weighted by atomic mass is 10.1. The van der Waals surface area contributed by atoms with Gasteiger partial charge >= 0.3 is 0 Å². The summed E-state index contributed by atoms with van der Waals surface area (Å²) in [6.07, 6.45) is 6.73. The average Bonchev–Trinajstić information content (AvgIpc) is 2.46. The van der Waals surface area contributed by atoms with Crippen molar-refractivity contribution in [1.82, 2.24) is 4.98 Å². The van der Waals surface area contributed by atoms with Crippen LogP contribution in [-0.4, -0.2) is 43.9 Å². The predicted molar refractivity (Wildman–Crippen MR) is 80.2 cm³/mol. The van der Waals surface area contributed by atoms with Gasteiger partial charge in [0.2, 0.25) is 0 Å². The van der Waals surface area contributed by atoms with E-state index >= 15 is 0 Å². The molecule has 20 heavy (non-hydrogen) atoms. The van der Waals surface area contributed by atoms with E-state index < -0.39 is 0 Å². The van der Waals surface area contributed by atoms with E-state index in [-0.39, 0.29) is 6.10 Å². The topological polar surface area (TPSA) is 60.6 Å². The van der Waals surface area contributed by atoms with Gasteiger partial charge in [0.15, 0.2) is 0 Å². The van der Waals surface area contributed by atoms with Crippen molar-refractivity contribution >= 4 is 5.69 Å². The number of nitrogens with zero attached hydrogens (tertiary/aromatic N) is 2. The molecule has 1 aromatic heterocycles. The van der Waals surface area contributed by atoms with Crippen LogP contribution in [0.5, 0.6) is 5.75 Å². The maximum atomic E-state index is 5.94. The molecule has 0 bridgehead atoms. The van der Waals surface area contributed by atoms with Gasteiger partial charge in [-0.1, -0.05) is 0 Å². The summed E-state index contributed by atoms with van der Waals surface area (Å²) in [5, 5.41) is 0. The van der Waals surface area contributed by atoms with Gasteiger partial charge in [-0.25, -0.2) is 0 Å². The molecule has 0 aromatic carbocycles. The minimum Gasteiger partial charge on any atom is -0.489 e. The van der Waals surface area contributed by atoms with Gasteiger partial charge in [0, 0.05) is 45.3 Å². The second-order valence-corrected chi connectivity index (χ2v) is 5.41. The van der Waals surface area contributed by atoms with Crippen molar-refractivity contribution in [2.24, 2.45) is 5.73 Å². The minimum atomic E-state index is 0.127. The molecule has 1 aliphatic rings. The maximum Gasteiger partial charge on any atom is 0.140 e. The van der Waals surface area contributed by atoms with Gasteiger partial charge in [0.25, 0.3) is 0 Å². The van der Waals surface area contributed by atoms with E-state index in [0.717, 1.165) is 43.8 Å². The van der Waals surface area contributed by atoms with Crippen molar-refractivity contribution in [2.45, 2.75) is 38.3 Å². The summed E-state index contributed by atoms with van der Waals surface area (Å²) >= 11 is 0. The van der Waals surface area contributed by atoms with E-state index in [1.165, 1.54) is 0 Å². The monoisotopic (exact) mass is 279 g/mol. The lowest BCUT2D eigenvalue weighted by Crippen LogP contribution is -2.39. The number of piperidine rings is 1. The van der Waals surface area contributed by atoms with Crippen LogP contribution in [0.2, 0.25) is 0 Å². The molecule has 2 heterocycles. The highest BCUT2D eigenvalue weighted by Gasteiger charge is 2.17. The van der Waals surface area contributed by atoms with Crippen molar-refractivity contribution in [3.8, 4) is 5.75 Å². The molecule has 1 aromatic rings. The third-order valence-electron chi connectivity index (χ3n) is 3.67. The molecule has 1 atom stereocenters. The van der Waals surface area contributed by atoms with E-state index in [1.54, 1.807) is 13.3 Å². The summed E-state index contributed by atoms with van der Waals surface area (Å²) in [4.78, 5) is 6.61. The van der Waals surface area contributed by atoms with E-state index in [2.05, 4.69) is 16.0 Å². The summed E-state index contributed by atoms with van der Waals surface area (Å²) in [7, 11) is 1.70. The van der Waals surface area contributed by atoms with E-state index in [1.807, 2.05) is 13.1 Å². The van der Waals surface area contributed by atoms with Crippen molar-refractivity contribution in [1.29, 1.82) is 0 Å². The number of pyridine rings is 1. The van der Waals surface area contributed by atoms with Crippen LogP contribution in [-0.2, 0) is 4.74 Å². The van der Waals surface area contributed by atoms with Crippen molar-refractivity contribution in [2.75, 3.05) is 31.7 Å². The number of nitrogens with two attached hydrogens (primary N) is 1. The Kier molecular flexibility index (Phi) is 5.61. The molecule has 1 saturated heterocycles. The van der Waals surface area contributed by atoms with Gasteiger partial charge in [-0.2, -0.15) is 0 Å². The Morgan fingerprint density at radius 3 is 2.85 bits per heavy atom. The molecule has 0 spiro atoms. The Morgan fingerprint density at radius 2 is 2.15 bits per heavy atom. The summed E-state index contributed by atoms with van der Waals surface area (Å²) in [6, 6.07) is 2.40. The van der Waals surface area contributed by atoms with Crippen molar-refractivity contribution < 1.29 is 9.47 Å². The number of rotatable bonds is 6. The summed E-state index contributed by atoms with van der Waals surface area (Å²) in [5.74, 6) is 0.820. The molecule has 2 rings (SSSR count). The summed E-state index contributed by atoms with van der Waals surface area (Å²) in [5.41, 5.74) is 7.06. The average molecular weight is 279 g/mol. The van der Waals surface area contributed by atoms with Gasteiger partial charge in [0.1, 0.15) is 5.75 Å². The third kappa shape index (κ3) is 4.35. The van der Waals surface area contributed by atoms with Crippen LogP contribution in [0.3, 0.4) is 0 Å². The zero-order valence-electron chi connectivity index (χ0n) is 12.4. The third-order valence-corrected chi connectivity index (χ3v) is 3.67. The van der Waals surface area contributed by atoms with Gasteiger partial charge in [-0.05, 0) is 19.8 Å². The van der Waals surface area contributed by atoms with Crippen LogP contribution < -0.4 is 15.4 Å². The first-order chi connectivity index (χ1) is 9.69. The van der Waals surface area contributed by atoms with Crippen molar-refractivity contribution in [3.05, 3.63) is 18.5 Å².